The molecule has 0 heterocycles. The Morgan fingerprint density at radius 1 is 1.43 bits per heavy atom. The van der Waals surface area contributed by atoms with Gasteiger partial charge in [-0.25, -0.2) is 12.8 Å². The van der Waals surface area contributed by atoms with Crippen molar-refractivity contribution < 1.29 is 27.4 Å². The van der Waals surface area contributed by atoms with Crippen molar-refractivity contribution in [1.82, 2.24) is 4.31 Å². The summed E-state index contributed by atoms with van der Waals surface area (Å²) in [4.78, 5) is -0.314. The number of ether oxygens (including phenoxy) is 2. The summed E-state index contributed by atoms with van der Waals surface area (Å²) in [6, 6.07) is 1.93. The second kappa shape index (κ2) is 7.03. The van der Waals surface area contributed by atoms with Crippen molar-refractivity contribution in [1.29, 1.82) is 0 Å². The van der Waals surface area contributed by atoms with Crippen molar-refractivity contribution in [2.45, 2.75) is 11.0 Å². The Morgan fingerprint density at radius 3 is 2.52 bits per heavy atom. The fraction of sp³-hybridized carbons (Fsp3) is 0.500. The van der Waals surface area contributed by atoms with E-state index in [1.54, 1.807) is 0 Å². The van der Waals surface area contributed by atoms with Gasteiger partial charge in [0, 0.05) is 20.7 Å². The summed E-state index contributed by atoms with van der Waals surface area (Å²) in [6.07, 6.45) is -0.991. The number of nitrogens with two attached hydrogens (primary N) is 1. The van der Waals surface area contributed by atoms with E-state index in [-0.39, 0.29) is 29.5 Å². The number of aliphatic hydroxyl groups is 1. The number of methoxy groups -OCH3 is 2. The molecule has 0 amide bonds. The lowest BCUT2D eigenvalue weighted by atomic mass is 10.3. The number of sulfonamides is 1. The first kappa shape index (κ1) is 17.6. The van der Waals surface area contributed by atoms with E-state index in [1.807, 2.05) is 0 Å². The molecule has 0 saturated heterocycles. The minimum atomic E-state index is -3.98. The number of nitrogen functional groups attached to an aromatic ring is 1. The molecule has 9 heteroatoms. The normalized spacial score (nSPS) is 13.4. The number of anilines is 1. The van der Waals surface area contributed by atoms with Crippen LogP contribution in [0.1, 0.15) is 0 Å². The Bertz CT molecular complexity index is 570. The number of aliphatic hydroxyl groups excluding tert-OH is 1. The molecule has 0 aliphatic heterocycles. The van der Waals surface area contributed by atoms with Gasteiger partial charge < -0.3 is 20.3 Å². The molecule has 0 bridgehead atoms. The highest BCUT2D eigenvalue weighted by molar-refractivity contribution is 7.89. The highest BCUT2D eigenvalue weighted by Crippen LogP contribution is 2.29. The third-order valence-electron chi connectivity index (χ3n) is 2.79. The van der Waals surface area contributed by atoms with Crippen molar-refractivity contribution in [2.24, 2.45) is 0 Å². The monoisotopic (exact) mass is 322 g/mol. The molecule has 1 unspecified atom stereocenters. The van der Waals surface area contributed by atoms with Crippen LogP contribution >= 0.6 is 0 Å². The van der Waals surface area contributed by atoms with Gasteiger partial charge in [0.05, 0.1) is 30.4 Å². The first-order chi connectivity index (χ1) is 9.73. The van der Waals surface area contributed by atoms with Gasteiger partial charge in [-0.2, -0.15) is 4.31 Å². The van der Waals surface area contributed by atoms with Crippen molar-refractivity contribution >= 4 is 15.7 Å². The van der Waals surface area contributed by atoms with Crippen LogP contribution < -0.4 is 10.5 Å². The predicted molar refractivity (Wildman–Crippen MR) is 75.1 cm³/mol. The Morgan fingerprint density at radius 2 is 2.05 bits per heavy atom. The fourth-order valence-corrected chi connectivity index (χ4v) is 3.03. The predicted octanol–water partition coefficient (Wildman–Crippen LogP) is 0.0443. The van der Waals surface area contributed by atoms with E-state index >= 15 is 0 Å². The molecule has 120 valence electrons. The minimum Gasteiger partial charge on any atom is -0.492 e. The smallest absolute Gasteiger partial charge is 0.243 e. The number of likely N-dealkylation sites (N-methyl/N-ethyl adjacent to an activating group) is 1. The van der Waals surface area contributed by atoms with Gasteiger partial charge in [0.2, 0.25) is 10.0 Å². The fourth-order valence-electron chi connectivity index (χ4n) is 1.77. The molecular formula is C12H19FN2O5S. The van der Waals surface area contributed by atoms with Crippen molar-refractivity contribution in [3.05, 3.63) is 17.9 Å². The third kappa shape index (κ3) is 4.03. The standard InChI is InChI=1S/C12H19FN2O5S/c1-15(6-8(16)7-19-2)21(17,18)9-4-10(13)12(20-3)11(14)5-9/h4-5,8,16H,6-7,14H2,1-3H3. The zero-order valence-corrected chi connectivity index (χ0v) is 12.9. The number of halogens is 1. The largest absolute Gasteiger partial charge is 0.492 e. The summed E-state index contributed by atoms with van der Waals surface area (Å²) < 4.78 is 48.7. The highest BCUT2D eigenvalue weighted by atomic mass is 32.2. The van der Waals surface area contributed by atoms with Crippen LogP contribution in [0.3, 0.4) is 0 Å². The molecule has 0 aliphatic rings. The number of hydrogen-bond donors (Lipinski definition) is 2. The van der Waals surface area contributed by atoms with Crippen LogP contribution in [0.5, 0.6) is 5.75 Å². The maximum absolute atomic E-state index is 13.7. The van der Waals surface area contributed by atoms with Crippen molar-refractivity contribution in [2.75, 3.05) is 40.2 Å². The van der Waals surface area contributed by atoms with E-state index in [1.165, 1.54) is 21.3 Å². The van der Waals surface area contributed by atoms with Crippen LogP contribution in [0.15, 0.2) is 17.0 Å². The molecule has 0 aromatic heterocycles. The molecule has 0 radical (unpaired) electrons. The average molecular weight is 322 g/mol. The second-order valence-electron chi connectivity index (χ2n) is 4.42. The molecule has 1 rings (SSSR count). The Kier molecular flexibility index (Phi) is 5.90. The summed E-state index contributed by atoms with van der Waals surface area (Å²) in [5, 5.41) is 9.57. The lowest BCUT2D eigenvalue weighted by Gasteiger charge is -2.20. The van der Waals surface area contributed by atoms with Crippen LogP contribution in [0.4, 0.5) is 10.1 Å². The molecule has 3 N–H and O–H groups in total. The van der Waals surface area contributed by atoms with Gasteiger partial charge in [-0.1, -0.05) is 0 Å². The minimum absolute atomic E-state index is 0.0149. The Hall–Kier alpha value is -1.42. The van der Waals surface area contributed by atoms with Crippen LogP contribution in [-0.4, -0.2) is 58.4 Å². The summed E-state index contributed by atoms with van der Waals surface area (Å²) >= 11 is 0. The van der Waals surface area contributed by atoms with E-state index in [2.05, 4.69) is 0 Å². The number of nitrogens with zero attached hydrogens (tertiary/aromatic N) is 1. The van der Waals surface area contributed by atoms with E-state index in [9.17, 15) is 17.9 Å². The number of hydrogen-bond acceptors (Lipinski definition) is 6. The van der Waals surface area contributed by atoms with Crippen molar-refractivity contribution in [3.63, 3.8) is 0 Å². The molecule has 1 aromatic rings. The van der Waals surface area contributed by atoms with Crippen LogP contribution in [0.2, 0.25) is 0 Å². The van der Waals surface area contributed by atoms with E-state index in [0.717, 1.165) is 16.4 Å². The molecule has 1 atom stereocenters. The van der Waals surface area contributed by atoms with E-state index in [0.29, 0.717) is 0 Å². The topological polar surface area (TPSA) is 102 Å². The van der Waals surface area contributed by atoms with Gasteiger partial charge in [0.25, 0.3) is 0 Å². The third-order valence-corrected chi connectivity index (χ3v) is 4.59. The summed E-state index contributed by atoms with van der Waals surface area (Å²) in [7, 11) is -0.0912. The van der Waals surface area contributed by atoms with Crippen LogP contribution in [0.25, 0.3) is 0 Å². The maximum atomic E-state index is 13.7. The van der Waals surface area contributed by atoms with Crippen LogP contribution in [0, 0.1) is 5.82 Å². The Balaban J connectivity index is 3.08. The summed E-state index contributed by atoms with van der Waals surface area (Å²) in [6.45, 7) is -0.206. The molecular weight excluding hydrogens is 303 g/mol. The van der Waals surface area contributed by atoms with Gasteiger partial charge >= 0.3 is 0 Å². The van der Waals surface area contributed by atoms with Gasteiger partial charge in [0.1, 0.15) is 0 Å². The molecule has 0 saturated carbocycles. The lowest BCUT2D eigenvalue weighted by Crippen LogP contribution is -2.36. The first-order valence-electron chi connectivity index (χ1n) is 6.00. The second-order valence-corrected chi connectivity index (χ2v) is 6.47. The highest BCUT2D eigenvalue weighted by Gasteiger charge is 2.25. The summed E-state index contributed by atoms with van der Waals surface area (Å²) in [5.74, 6) is -1.09. The molecule has 0 aliphatic carbocycles. The van der Waals surface area contributed by atoms with E-state index in [4.69, 9.17) is 15.2 Å². The van der Waals surface area contributed by atoms with Gasteiger partial charge in [-0.05, 0) is 12.1 Å². The van der Waals surface area contributed by atoms with Gasteiger partial charge in [-0.3, -0.25) is 0 Å². The summed E-state index contributed by atoms with van der Waals surface area (Å²) in [5.41, 5.74) is 5.44. The quantitative estimate of drug-likeness (QED) is 0.688. The van der Waals surface area contributed by atoms with Gasteiger partial charge in [0.15, 0.2) is 11.6 Å². The lowest BCUT2D eigenvalue weighted by molar-refractivity contribution is 0.0554. The number of rotatable bonds is 7. The zero-order chi connectivity index (χ0) is 16.2. The van der Waals surface area contributed by atoms with E-state index < -0.39 is 21.9 Å². The number of benzene rings is 1. The average Bonchev–Trinajstić information content (AvgIpc) is 2.38. The molecule has 7 nitrogen and oxygen atoms in total. The molecule has 21 heavy (non-hydrogen) atoms. The van der Waals surface area contributed by atoms with Crippen molar-refractivity contribution in [3.8, 4) is 5.75 Å². The SMILES string of the molecule is COCC(O)CN(C)S(=O)(=O)c1cc(N)c(OC)c(F)c1. The zero-order valence-electron chi connectivity index (χ0n) is 12.0. The molecule has 1 aromatic carbocycles. The molecule has 0 spiro atoms. The van der Waals surface area contributed by atoms with Gasteiger partial charge in [-0.15, -0.1) is 0 Å². The molecule has 0 fully saturated rings. The Labute approximate surface area is 123 Å². The van der Waals surface area contributed by atoms with Crippen LogP contribution in [-0.2, 0) is 14.8 Å². The maximum Gasteiger partial charge on any atom is 0.243 e. The first-order valence-corrected chi connectivity index (χ1v) is 7.44.